The summed E-state index contributed by atoms with van der Waals surface area (Å²) >= 11 is 1.39. The summed E-state index contributed by atoms with van der Waals surface area (Å²) in [6.07, 6.45) is 0. The number of rotatable bonds is 4. The van der Waals surface area contributed by atoms with Crippen LogP contribution in [0.3, 0.4) is 0 Å². The van der Waals surface area contributed by atoms with Crippen molar-refractivity contribution in [2.24, 2.45) is 0 Å². The van der Waals surface area contributed by atoms with Gasteiger partial charge in [0.1, 0.15) is 5.52 Å². The van der Waals surface area contributed by atoms with E-state index in [1.54, 1.807) is 10.6 Å². The molecule has 0 bridgehead atoms. The number of nitrogen functional groups attached to an aromatic ring is 1. The lowest BCUT2D eigenvalue weighted by Crippen LogP contribution is -2.16. The molecular formula is C12H13N5O2S. The van der Waals surface area contributed by atoms with Crippen LogP contribution in [0.4, 0.5) is 5.69 Å². The third-order valence-corrected chi connectivity index (χ3v) is 3.82. The van der Waals surface area contributed by atoms with Gasteiger partial charge < -0.3 is 10.2 Å². The highest BCUT2D eigenvalue weighted by molar-refractivity contribution is 7.98. The molecule has 0 amide bonds. The minimum absolute atomic E-state index is 0.211. The average molecular weight is 291 g/mol. The molecule has 7 nitrogen and oxygen atoms in total. The minimum Gasteiger partial charge on any atom is -0.440 e. The van der Waals surface area contributed by atoms with E-state index in [1.165, 1.54) is 11.8 Å². The van der Waals surface area contributed by atoms with Gasteiger partial charge in [0, 0.05) is 6.54 Å². The number of fused-ring (bicyclic) bond motifs is 1. The lowest BCUT2D eigenvalue weighted by atomic mass is 10.3. The van der Waals surface area contributed by atoms with Gasteiger partial charge in [-0.25, -0.2) is 14.9 Å². The van der Waals surface area contributed by atoms with Gasteiger partial charge in [0.05, 0.1) is 11.4 Å². The standard InChI is InChI=1S/C12H13N5O2S/c1-2-17-11(18)15-16-12(17)20-6-9-14-10-7(13)4-3-5-8(10)19-9/h3-5H,2,6,13H2,1H3,(H,15,18). The monoisotopic (exact) mass is 291 g/mol. The average Bonchev–Trinajstić information content (AvgIpc) is 3.00. The van der Waals surface area contributed by atoms with Crippen LogP contribution in [0.1, 0.15) is 12.8 Å². The molecular weight excluding hydrogens is 278 g/mol. The van der Waals surface area contributed by atoms with Crippen LogP contribution in [0.5, 0.6) is 0 Å². The number of H-pyrrole nitrogens is 1. The number of thioether (sulfide) groups is 1. The Bertz CT molecular complexity index is 804. The number of nitrogens with two attached hydrogens (primary N) is 1. The Morgan fingerprint density at radius 1 is 1.50 bits per heavy atom. The number of para-hydroxylation sites is 1. The number of aromatic amines is 1. The van der Waals surface area contributed by atoms with Gasteiger partial charge in [0.2, 0.25) is 5.89 Å². The topological polar surface area (TPSA) is 103 Å². The molecule has 104 valence electrons. The van der Waals surface area contributed by atoms with Gasteiger partial charge in [-0.15, -0.1) is 5.10 Å². The van der Waals surface area contributed by atoms with Crippen LogP contribution >= 0.6 is 11.8 Å². The molecule has 8 heteroatoms. The number of oxazole rings is 1. The first-order valence-electron chi connectivity index (χ1n) is 6.11. The quantitative estimate of drug-likeness (QED) is 0.559. The van der Waals surface area contributed by atoms with Crippen molar-refractivity contribution in [3.63, 3.8) is 0 Å². The van der Waals surface area contributed by atoms with E-state index in [4.69, 9.17) is 10.2 Å². The maximum Gasteiger partial charge on any atom is 0.343 e. The summed E-state index contributed by atoms with van der Waals surface area (Å²) in [4.78, 5) is 15.8. The molecule has 0 aliphatic heterocycles. The zero-order valence-electron chi connectivity index (χ0n) is 10.8. The van der Waals surface area contributed by atoms with Crippen LogP contribution in [0, 0.1) is 0 Å². The van der Waals surface area contributed by atoms with Crippen molar-refractivity contribution < 1.29 is 4.42 Å². The van der Waals surface area contributed by atoms with Crippen LogP contribution < -0.4 is 11.4 Å². The summed E-state index contributed by atoms with van der Waals surface area (Å²) in [5.41, 5.74) is 7.54. The van der Waals surface area contributed by atoms with Crippen molar-refractivity contribution in [2.75, 3.05) is 5.73 Å². The fourth-order valence-electron chi connectivity index (χ4n) is 1.90. The molecule has 0 radical (unpaired) electrons. The van der Waals surface area contributed by atoms with Crippen molar-refractivity contribution in [3.05, 3.63) is 34.6 Å². The van der Waals surface area contributed by atoms with E-state index in [9.17, 15) is 4.79 Å². The lowest BCUT2D eigenvalue weighted by molar-refractivity contribution is 0.555. The third-order valence-electron chi connectivity index (χ3n) is 2.86. The molecule has 0 saturated carbocycles. The highest BCUT2D eigenvalue weighted by Crippen LogP contribution is 2.25. The van der Waals surface area contributed by atoms with E-state index in [0.29, 0.717) is 40.1 Å². The van der Waals surface area contributed by atoms with E-state index in [0.717, 1.165) is 0 Å². The Kier molecular flexibility index (Phi) is 3.23. The molecule has 2 heterocycles. The van der Waals surface area contributed by atoms with Gasteiger partial charge in [-0.2, -0.15) is 0 Å². The van der Waals surface area contributed by atoms with Crippen LogP contribution in [0.2, 0.25) is 0 Å². The molecule has 3 aromatic rings. The van der Waals surface area contributed by atoms with Gasteiger partial charge in [0.25, 0.3) is 0 Å². The SMILES string of the molecule is CCn1c(SCc2nc3c(N)cccc3o2)n[nH]c1=O. The number of nitrogens with one attached hydrogen (secondary N) is 1. The van der Waals surface area contributed by atoms with Crippen LogP contribution in [-0.4, -0.2) is 19.7 Å². The normalized spacial score (nSPS) is 11.2. The van der Waals surface area contributed by atoms with E-state index >= 15 is 0 Å². The number of anilines is 1. The molecule has 0 fully saturated rings. The number of benzene rings is 1. The molecule has 0 atom stereocenters. The second-order valence-corrected chi connectivity index (χ2v) is 5.09. The van der Waals surface area contributed by atoms with E-state index < -0.39 is 0 Å². The van der Waals surface area contributed by atoms with E-state index in [-0.39, 0.29) is 5.69 Å². The highest BCUT2D eigenvalue weighted by Gasteiger charge is 2.11. The number of aromatic nitrogens is 4. The molecule has 2 aromatic heterocycles. The minimum atomic E-state index is -0.211. The van der Waals surface area contributed by atoms with Gasteiger partial charge in [-0.05, 0) is 19.1 Å². The van der Waals surface area contributed by atoms with Crippen molar-refractivity contribution in [3.8, 4) is 0 Å². The number of nitrogens with zero attached hydrogens (tertiary/aromatic N) is 3. The first-order chi connectivity index (χ1) is 9.69. The summed E-state index contributed by atoms with van der Waals surface area (Å²) in [7, 11) is 0. The van der Waals surface area contributed by atoms with Crippen molar-refractivity contribution in [1.82, 2.24) is 19.7 Å². The second-order valence-electron chi connectivity index (χ2n) is 4.15. The summed E-state index contributed by atoms with van der Waals surface area (Å²) < 4.78 is 7.17. The van der Waals surface area contributed by atoms with Crippen molar-refractivity contribution in [1.29, 1.82) is 0 Å². The van der Waals surface area contributed by atoms with Crippen molar-refractivity contribution in [2.45, 2.75) is 24.4 Å². The predicted molar refractivity (Wildman–Crippen MR) is 76.5 cm³/mol. The fourth-order valence-corrected chi connectivity index (χ4v) is 2.75. The molecule has 3 rings (SSSR count). The summed E-state index contributed by atoms with van der Waals surface area (Å²) in [6.45, 7) is 2.46. The Morgan fingerprint density at radius 3 is 3.10 bits per heavy atom. The van der Waals surface area contributed by atoms with Crippen LogP contribution in [0.15, 0.2) is 32.6 Å². The summed E-state index contributed by atoms with van der Waals surface area (Å²) in [6, 6.07) is 5.43. The molecule has 0 saturated heterocycles. The maximum atomic E-state index is 11.4. The lowest BCUT2D eigenvalue weighted by Gasteiger charge is -1.99. The van der Waals surface area contributed by atoms with Crippen LogP contribution in [-0.2, 0) is 12.3 Å². The summed E-state index contributed by atoms with van der Waals surface area (Å²) in [5, 5.41) is 7.01. The number of hydrogen-bond acceptors (Lipinski definition) is 6. The van der Waals surface area contributed by atoms with Gasteiger partial charge in [-0.3, -0.25) is 4.57 Å². The predicted octanol–water partition coefficient (Wildman–Crippen LogP) is 1.61. The first kappa shape index (κ1) is 12.8. The van der Waals surface area contributed by atoms with E-state index in [1.807, 2.05) is 19.1 Å². The Balaban J connectivity index is 1.83. The molecule has 0 aliphatic carbocycles. The second kappa shape index (κ2) is 5.04. The third kappa shape index (κ3) is 2.18. The fraction of sp³-hybridized carbons (Fsp3) is 0.250. The molecule has 0 unspecified atom stereocenters. The first-order valence-corrected chi connectivity index (χ1v) is 7.09. The van der Waals surface area contributed by atoms with Crippen LogP contribution in [0.25, 0.3) is 11.1 Å². The Morgan fingerprint density at radius 2 is 2.35 bits per heavy atom. The number of hydrogen-bond donors (Lipinski definition) is 2. The van der Waals surface area contributed by atoms with Crippen molar-refractivity contribution >= 4 is 28.5 Å². The van der Waals surface area contributed by atoms with Gasteiger partial charge in [0.15, 0.2) is 10.7 Å². The molecule has 20 heavy (non-hydrogen) atoms. The van der Waals surface area contributed by atoms with Gasteiger partial charge >= 0.3 is 5.69 Å². The smallest absolute Gasteiger partial charge is 0.343 e. The Labute approximate surface area is 118 Å². The molecule has 0 aliphatic rings. The zero-order valence-corrected chi connectivity index (χ0v) is 11.6. The Hall–Kier alpha value is -2.22. The zero-order chi connectivity index (χ0) is 14.1. The molecule has 0 spiro atoms. The van der Waals surface area contributed by atoms with Gasteiger partial charge in [-0.1, -0.05) is 17.8 Å². The maximum absolute atomic E-state index is 11.4. The molecule has 3 N–H and O–H groups in total. The summed E-state index contributed by atoms with van der Waals surface area (Å²) in [5.74, 6) is 1.04. The van der Waals surface area contributed by atoms with E-state index in [2.05, 4.69) is 15.2 Å². The highest BCUT2D eigenvalue weighted by atomic mass is 32.2. The molecule has 1 aromatic carbocycles. The largest absolute Gasteiger partial charge is 0.440 e.